The highest BCUT2D eigenvalue weighted by Crippen LogP contribution is 2.21. The summed E-state index contributed by atoms with van der Waals surface area (Å²) in [7, 11) is 1.58. The Morgan fingerprint density at radius 3 is 2.56 bits per heavy atom. The standard InChI is InChI=1S/C21H22N4O2/c1-13-8-9-18(14(2)10-13)24-21-22-15(3)11-19(25-21)20(26)23-16-6-5-7-17(12-16)27-4/h5-12H,1-4H3,(H,23,26)(H,22,24,25). The summed E-state index contributed by atoms with van der Waals surface area (Å²) in [6, 6.07) is 14.9. The van der Waals surface area contributed by atoms with Gasteiger partial charge in [-0.3, -0.25) is 4.79 Å². The summed E-state index contributed by atoms with van der Waals surface area (Å²) in [6.45, 7) is 5.89. The van der Waals surface area contributed by atoms with Crippen molar-refractivity contribution in [2.75, 3.05) is 17.7 Å². The van der Waals surface area contributed by atoms with Crippen LogP contribution < -0.4 is 15.4 Å². The van der Waals surface area contributed by atoms with Crippen LogP contribution in [-0.2, 0) is 0 Å². The number of anilines is 3. The number of carbonyl (C=O) groups excluding carboxylic acids is 1. The third-order valence-corrected chi connectivity index (χ3v) is 4.04. The summed E-state index contributed by atoms with van der Waals surface area (Å²) in [6.07, 6.45) is 0. The van der Waals surface area contributed by atoms with E-state index >= 15 is 0 Å². The van der Waals surface area contributed by atoms with Crippen LogP contribution in [-0.4, -0.2) is 23.0 Å². The summed E-state index contributed by atoms with van der Waals surface area (Å²) in [4.78, 5) is 21.4. The van der Waals surface area contributed by atoms with E-state index in [0.717, 1.165) is 11.3 Å². The molecule has 0 aliphatic carbocycles. The van der Waals surface area contributed by atoms with Gasteiger partial charge in [-0.05, 0) is 50.6 Å². The molecule has 6 nitrogen and oxygen atoms in total. The van der Waals surface area contributed by atoms with Crippen LogP contribution >= 0.6 is 0 Å². The molecule has 0 bridgehead atoms. The van der Waals surface area contributed by atoms with Crippen LogP contribution in [0.1, 0.15) is 27.3 Å². The van der Waals surface area contributed by atoms with Crippen molar-refractivity contribution in [3.05, 3.63) is 71.0 Å². The minimum atomic E-state index is -0.308. The minimum absolute atomic E-state index is 0.289. The molecule has 1 heterocycles. The number of benzene rings is 2. The van der Waals surface area contributed by atoms with Gasteiger partial charge in [0, 0.05) is 23.1 Å². The Kier molecular flexibility index (Phi) is 5.35. The summed E-state index contributed by atoms with van der Waals surface area (Å²) in [5.74, 6) is 0.749. The Balaban J connectivity index is 1.82. The molecule has 0 fully saturated rings. The van der Waals surface area contributed by atoms with Gasteiger partial charge in [0.2, 0.25) is 5.95 Å². The molecule has 0 saturated heterocycles. The van der Waals surface area contributed by atoms with E-state index in [1.165, 1.54) is 5.56 Å². The van der Waals surface area contributed by atoms with Crippen LogP contribution in [0, 0.1) is 20.8 Å². The van der Waals surface area contributed by atoms with Crippen LogP contribution in [0.5, 0.6) is 5.75 Å². The molecule has 0 radical (unpaired) electrons. The van der Waals surface area contributed by atoms with Gasteiger partial charge in [0.25, 0.3) is 5.91 Å². The lowest BCUT2D eigenvalue weighted by atomic mass is 10.1. The normalized spacial score (nSPS) is 10.4. The van der Waals surface area contributed by atoms with Gasteiger partial charge in [0.15, 0.2) is 0 Å². The van der Waals surface area contributed by atoms with E-state index in [-0.39, 0.29) is 11.6 Å². The second-order valence-corrected chi connectivity index (χ2v) is 6.35. The first-order chi connectivity index (χ1) is 12.9. The number of aryl methyl sites for hydroxylation is 3. The molecule has 0 atom stereocenters. The van der Waals surface area contributed by atoms with Gasteiger partial charge in [0.05, 0.1) is 7.11 Å². The summed E-state index contributed by atoms with van der Waals surface area (Å²) < 4.78 is 5.18. The lowest BCUT2D eigenvalue weighted by Gasteiger charge is -2.11. The molecule has 6 heteroatoms. The van der Waals surface area contributed by atoms with Crippen LogP contribution in [0.15, 0.2) is 48.5 Å². The van der Waals surface area contributed by atoms with Crippen molar-refractivity contribution in [2.24, 2.45) is 0 Å². The minimum Gasteiger partial charge on any atom is -0.497 e. The van der Waals surface area contributed by atoms with E-state index in [4.69, 9.17) is 4.74 Å². The summed E-state index contributed by atoms with van der Waals surface area (Å²) >= 11 is 0. The molecule has 0 unspecified atom stereocenters. The third kappa shape index (κ3) is 4.61. The monoisotopic (exact) mass is 362 g/mol. The van der Waals surface area contributed by atoms with Crippen LogP contribution in [0.2, 0.25) is 0 Å². The van der Waals surface area contributed by atoms with Crippen molar-refractivity contribution in [2.45, 2.75) is 20.8 Å². The Bertz CT molecular complexity index is 986. The molecule has 3 aromatic rings. The predicted octanol–water partition coefficient (Wildman–Crippen LogP) is 4.41. The molecule has 3 rings (SSSR count). The zero-order valence-corrected chi connectivity index (χ0v) is 15.8. The van der Waals surface area contributed by atoms with E-state index in [1.807, 2.05) is 45.0 Å². The van der Waals surface area contributed by atoms with Crippen LogP contribution in [0.3, 0.4) is 0 Å². The van der Waals surface area contributed by atoms with E-state index in [0.29, 0.717) is 23.1 Å². The number of nitrogens with one attached hydrogen (secondary N) is 2. The van der Waals surface area contributed by atoms with Gasteiger partial charge < -0.3 is 15.4 Å². The number of methoxy groups -OCH3 is 1. The first-order valence-corrected chi connectivity index (χ1v) is 8.60. The topological polar surface area (TPSA) is 76.1 Å². The molecule has 0 saturated carbocycles. The fraction of sp³-hybridized carbons (Fsp3) is 0.190. The van der Waals surface area contributed by atoms with Gasteiger partial charge in [-0.15, -0.1) is 0 Å². The van der Waals surface area contributed by atoms with Gasteiger partial charge >= 0.3 is 0 Å². The van der Waals surface area contributed by atoms with E-state index < -0.39 is 0 Å². The average molecular weight is 362 g/mol. The van der Waals surface area contributed by atoms with Gasteiger partial charge in [-0.25, -0.2) is 9.97 Å². The quantitative estimate of drug-likeness (QED) is 0.703. The molecular weight excluding hydrogens is 340 g/mol. The third-order valence-electron chi connectivity index (χ3n) is 4.04. The fourth-order valence-electron chi connectivity index (χ4n) is 2.71. The number of nitrogens with zero attached hydrogens (tertiary/aromatic N) is 2. The zero-order chi connectivity index (χ0) is 19.4. The lowest BCUT2D eigenvalue weighted by molar-refractivity contribution is 0.102. The molecule has 0 aliphatic heterocycles. The molecule has 1 amide bonds. The maximum atomic E-state index is 12.6. The number of hydrogen-bond donors (Lipinski definition) is 2. The van der Waals surface area contributed by atoms with E-state index in [2.05, 4.69) is 26.7 Å². The van der Waals surface area contributed by atoms with Crippen molar-refractivity contribution in [3.63, 3.8) is 0 Å². The predicted molar refractivity (Wildman–Crippen MR) is 107 cm³/mol. The number of hydrogen-bond acceptors (Lipinski definition) is 5. The van der Waals surface area contributed by atoms with Crippen LogP contribution in [0.25, 0.3) is 0 Å². The van der Waals surface area contributed by atoms with Crippen molar-refractivity contribution in [1.82, 2.24) is 9.97 Å². The van der Waals surface area contributed by atoms with E-state index in [1.54, 1.807) is 25.3 Å². The Hall–Kier alpha value is -3.41. The summed E-state index contributed by atoms with van der Waals surface area (Å²) in [5, 5.41) is 6.03. The first-order valence-electron chi connectivity index (χ1n) is 8.60. The lowest BCUT2D eigenvalue weighted by Crippen LogP contribution is -2.15. The van der Waals surface area contributed by atoms with Gasteiger partial charge in [0.1, 0.15) is 11.4 Å². The maximum Gasteiger partial charge on any atom is 0.274 e. The Morgan fingerprint density at radius 1 is 1.00 bits per heavy atom. The molecule has 1 aromatic heterocycles. The van der Waals surface area contributed by atoms with Crippen molar-refractivity contribution in [1.29, 1.82) is 0 Å². The summed E-state index contributed by atoms with van der Waals surface area (Å²) in [5.41, 5.74) is 4.81. The second-order valence-electron chi connectivity index (χ2n) is 6.35. The highest BCUT2D eigenvalue weighted by molar-refractivity contribution is 6.03. The highest BCUT2D eigenvalue weighted by Gasteiger charge is 2.12. The van der Waals surface area contributed by atoms with Crippen LogP contribution in [0.4, 0.5) is 17.3 Å². The number of rotatable bonds is 5. The smallest absolute Gasteiger partial charge is 0.274 e. The Morgan fingerprint density at radius 2 is 1.81 bits per heavy atom. The van der Waals surface area contributed by atoms with E-state index in [9.17, 15) is 4.79 Å². The molecule has 0 spiro atoms. The Labute approximate surface area is 158 Å². The molecule has 2 N–H and O–H groups in total. The molecule has 0 aliphatic rings. The number of carbonyl (C=O) groups is 1. The van der Waals surface area contributed by atoms with Crippen molar-refractivity contribution in [3.8, 4) is 5.75 Å². The maximum absolute atomic E-state index is 12.6. The second kappa shape index (κ2) is 7.86. The van der Waals surface area contributed by atoms with Gasteiger partial charge in [-0.2, -0.15) is 0 Å². The number of ether oxygens (including phenoxy) is 1. The SMILES string of the molecule is COc1cccc(NC(=O)c2cc(C)nc(Nc3ccc(C)cc3C)n2)c1. The number of aromatic nitrogens is 2. The first kappa shape index (κ1) is 18.4. The zero-order valence-electron chi connectivity index (χ0n) is 15.8. The van der Waals surface area contributed by atoms with Crippen molar-refractivity contribution < 1.29 is 9.53 Å². The van der Waals surface area contributed by atoms with Crippen molar-refractivity contribution >= 4 is 23.2 Å². The molecular formula is C21H22N4O2. The fourth-order valence-corrected chi connectivity index (χ4v) is 2.71. The highest BCUT2D eigenvalue weighted by atomic mass is 16.5. The van der Waals surface area contributed by atoms with Gasteiger partial charge in [-0.1, -0.05) is 23.8 Å². The molecule has 27 heavy (non-hydrogen) atoms. The largest absolute Gasteiger partial charge is 0.497 e. The average Bonchev–Trinajstić information content (AvgIpc) is 2.64. The molecule has 2 aromatic carbocycles. The molecule has 138 valence electrons. The number of amides is 1.